The smallest absolute Gasteiger partial charge is 0.200 e. The normalized spacial score (nSPS) is 19.4. The molecule has 1 aliphatic rings. The number of rotatable bonds is 4. The van der Waals surface area contributed by atoms with Gasteiger partial charge in [-0.3, -0.25) is 4.79 Å². The zero-order valence-electron chi connectivity index (χ0n) is 17.2. The van der Waals surface area contributed by atoms with Gasteiger partial charge in [0.05, 0.1) is 36.7 Å². The highest BCUT2D eigenvalue weighted by atomic mass is 16.5. The number of nitrogens with one attached hydrogen (secondary N) is 1. The Morgan fingerprint density at radius 1 is 1.17 bits per heavy atom. The minimum Gasteiger partial charge on any atom is -0.507 e. The van der Waals surface area contributed by atoms with Crippen molar-refractivity contribution in [2.75, 3.05) is 20.2 Å². The van der Waals surface area contributed by atoms with Crippen LogP contribution in [0.25, 0.3) is 22.1 Å². The van der Waals surface area contributed by atoms with Gasteiger partial charge in [-0.15, -0.1) is 0 Å². The van der Waals surface area contributed by atoms with Gasteiger partial charge in [0, 0.05) is 5.56 Å². The summed E-state index contributed by atoms with van der Waals surface area (Å²) in [6, 6.07) is 10.7. The van der Waals surface area contributed by atoms with Gasteiger partial charge in [0.25, 0.3) is 0 Å². The van der Waals surface area contributed by atoms with Crippen molar-refractivity contribution in [3.63, 3.8) is 0 Å². The molecule has 2 heterocycles. The van der Waals surface area contributed by atoms with E-state index in [-0.39, 0.29) is 11.2 Å². The number of methoxy groups -OCH3 is 1. The first kappa shape index (κ1) is 19.5. The molecule has 5 nitrogen and oxygen atoms in total. The minimum atomic E-state index is -0.100. The highest BCUT2D eigenvalue weighted by Crippen LogP contribution is 2.33. The zero-order valence-corrected chi connectivity index (χ0v) is 17.2. The number of aryl methyl sites for hydroxylation is 1. The number of phenolic OH excluding ortho intramolecular Hbond substituents is 1. The minimum absolute atomic E-state index is 0.100. The van der Waals surface area contributed by atoms with E-state index in [1.54, 1.807) is 26.2 Å². The Hall–Kier alpha value is -2.79. The number of quaternary nitrogens is 1. The van der Waals surface area contributed by atoms with Gasteiger partial charge in [0.2, 0.25) is 5.43 Å². The largest absolute Gasteiger partial charge is 0.507 e. The number of hydrogen-bond acceptors (Lipinski definition) is 4. The van der Waals surface area contributed by atoms with Gasteiger partial charge in [0.1, 0.15) is 23.8 Å². The summed E-state index contributed by atoms with van der Waals surface area (Å²) in [7, 11) is 1.59. The second-order valence-electron chi connectivity index (χ2n) is 8.11. The molecule has 0 bridgehead atoms. The van der Waals surface area contributed by atoms with Crippen LogP contribution in [0.1, 0.15) is 31.1 Å². The molecule has 0 saturated carbocycles. The molecule has 2 aromatic carbocycles. The summed E-state index contributed by atoms with van der Waals surface area (Å²) < 4.78 is 11.6. The average Bonchev–Trinajstić information content (AvgIpc) is 2.72. The highest BCUT2D eigenvalue weighted by Gasteiger charge is 2.24. The van der Waals surface area contributed by atoms with E-state index in [1.807, 2.05) is 24.3 Å². The van der Waals surface area contributed by atoms with E-state index in [1.165, 1.54) is 17.7 Å². The predicted molar refractivity (Wildman–Crippen MR) is 114 cm³/mol. The van der Waals surface area contributed by atoms with E-state index >= 15 is 0 Å². The Kier molecular flexibility index (Phi) is 5.33. The third-order valence-electron chi connectivity index (χ3n) is 6.10. The molecule has 0 aliphatic carbocycles. The van der Waals surface area contributed by atoms with Crippen molar-refractivity contribution in [3.05, 3.63) is 57.9 Å². The maximum Gasteiger partial charge on any atom is 0.200 e. The molecule has 1 saturated heterocycles. The van der Waals surface area contributed by atoms with Crippen LogP contribution in [0.2, 0.25) is 0 Å². The molecule has 1 aliphatic heterocycles. The maximum atomic E-state index is 13.4. The Bertz CT molecular complexity index is 1090. The second-order valence-corrected chi connectivity index (χ2v) is 8.11. The van der Waals surface area contributed by atoms with Crippen molar-refractivity contribution < 1.29 is 19.2 Å². The Labute approximate surface area is 170 Å². The molecule has 1 aromatic heterocycles. The van der Waals surface area contributed by atoms with E-state index in [9.17, 15) is 9.90 Å². The van der Waals surface area contributed by atoms with Gasteiger partial charge in [-0.25, -0.2) is 0 Å². The quantitative estimate of drug-likeness (QED) is 0.713. The van der Waals surface area contributed by atoms with Crippen molar-refractivity contribution >= 4 is 11.0 Å². The first-order valence-corrected chi connectivity index (χ1v) is 10.2. The molecule has 0 radical (unpaired) electrons. The van der Waals surface area contributed by atoms with Crippen LogP contribution >= 0.6 is 0 Å². The lowest BCUT2D eigenvalue weighted by Gasteiger charge is -2.27. The van der Waals surface area contributed by atoms with Gasteiger partial charge >= 0.3 is 0 Å². The van der Waals surface area contributed by atoms with Crippen LogP contribution in [0, 0.1) is 12.8 Å². The van der Waals surface area contributed by atoms with Crippen LogP contribution in [0.3, 0.4) is 0 Å². The molecule has 0 spiro atoms. The standard InChI is InChI=1S/C24H27NO4/c1-15-10-12-25(13-11-15)14-19-20(26)9-8-18-23(27)22(16(2)29-24(18)19)17-6-4-5-7-21(17)28-3/h4-9,15,26H,10-14H2,1-3H3/p+1. The fraction of sp³-hybridized carbons (Fsp3) is 0.375. The molecule has 3 aromatic rings. The molecule has 1 fully saturated rings. The van der Waals surface area contributed by atoms with Crippen molar-refractivity contribution in [2.24, 2.45) is 5.92 Å². The molecular formula is C24H28NO4+. The van der Waals surface area contributed by atoms with Crippen molar-refractivity contribution in [2.45, 2.75) is 33.2 Å². The molecule has 4 rings (SSSR count). The molecule has 29 heavy (non-hydrogen) atoms. The van der Waals surface area contributed by atoms with E-state index in [2.05, 4.69) is 6.92 Å². The first-order chi connectivity index (χ1) is 14.0. The molecule has 0 unspecified atom stereocenters. The summed E-state index contributed by atoms with van der Waals surface area (Å²) >= 11 is 0. The third kappa shape index (κ3) is 3.62. The summed E-state index contributed by atoms with van der Waals surface area (Å²) in [5, 5.41) is 11.0. The van der Waals surface area contributed by atoms with Crippen molar-refractivity contribution in [1.82, 2.24) is 0 Å². The van der Waals surface area contributed by atoms with E-state index in [0.29, 0.717) is 40.2 Å². The predicted octanol–water partition coefficient (Wildman–Crippen LogP) is 3.30. The van der Waals surface area contributed by atoms with Crippen LogP contribution in [0.15, 0.2) is 45.6 Å². The van der Waals surface area contributed by atoms with Gasteiger partial charge in [-0.05, 0) is 43.9 Å². The van der Waals surface area contributed by atoms with Crippen LogP contribution in [-0.4, -0.2) is 25.3 Å². The Balaban J connectivity index is 1.84. The van der Waals surface area contributed by atoms with Gasteiger partial charge in [0.15, 0.2) is 5.58 Å². The van der Waals surface area contributed by atoms with E-state index in [4.69, 9.17) is 9.15 Å². The first-order valence-electron chi connectivity index (χ1n) is 10.2. The van der Waals surface area contributed by atoms with Gasteiger partial charge in [-0.2, -0.15) is 0 Å². The SMILES string of the molecule is COc1ccccc1-c1c(C)oc2c(C[NH+]3CCC(C)CC3)c(O)ccc2c1=O. The summed E-state index contributed by atoms with van der Waals surface area (Å²) in [5.74, 6) is 2.11. The molecule has 152 valence electrons. The number of hydrogen-bond donors (Lipinski definition) is 2. The number of fused-ring (bicyclic) bond motifs is 1. The molecular weight excluding hydrogens is 366 g/mol. The molecule has 2 N–H and O–H groups in total. The number of benzene rings is 2. The molecule has 0 amide bonds. The van der Waals surface area contributed by atoms with Gasteiger partial charge in [-0.1, -0.05) is 25.1 Å². The fourth-order valence-corrected chi connectivity index (χ4v) is 4.34. The van der Waals surface area contributed by atoms with Crippen LogP contribution in [-0.2, 0) is 6.54 Å². The monoisotopic (exact) mass is 394 g/mol. The third-order valence-corrected chi connectivity index (χ3v) is 6.10. The number of ether oxygens (including phenoxy) is 1. The number of para-hydroxylation sites is 1. The maximum absolute atomic E-state index is 13.4. The Morgan fingerprint density at radius 3 is 2.62 bits per heavy atom. The summed E-state index contributed by atoms with van der Waals surface area (Å²) in [6.07, 6.45) is 2.36. The lowest BCUT2D eigenvalue weighted by Crippen LogP contribution is -3.11. The molecule has 0 atom stereocenters. The van der Waals surface area contributed by atoms with Crippen LogP contribution < -0.4 is 15.1 Å². The topological polar surface area (TPSA) is 64.1 Å². The summed E-state index contributed by atoms with van der Waals surface area (Å²) in [6.45, 7) is 6.88. The highest BCUT2D eigenvalue weighted by molar-refractivity contribution is 5.87. The average molecular weight is 394 g/mol. The second kappa shape index (κ2) is 7.91. The fourth-order valence-electron chi connectivity index (χ4n) is 4.34. The number of likely N-dealkylation sites (tertiary alicyclic amines) is 1. The zero-order chi connectivity index (χ0) is 20.5. The van der Waals surface area contributed by atoms with Crippen LogP contribution in [0.4, 0.5) is 0 Å². The molecule has 5 heteroatoms. The van der Waals surface area contributed by atoms with Crippen molar-refractivity contribution in [3.8, 4) is 22.6 Å². The number of aromatic hydroxyl groups is 1. The van der Waals surface area contributed by atoms with Gasteiger partial charge < -0.3 is 19.2 Å². The van der Waals surface area contributed by atoms with E-state index in [0.717, 1.165) is 24.6 Å². The lowest BCUT2D eigenvalue weighted by molar-refractivity contribution is -0.919. The summed E-state index contributed by atoms with van der Waals surface area (Å²) in [5.41, 5.74) is 2.34. The Morgan fingerprint density at radius 2 is 1.90 bits per heavy atom. The van der Waals surface area contributed by atoms with Crippen molar-refractivity contribution in [1.29, 1.82) is 0 Å². The number of piperidine rings is 1. The van der Waals surface area contributed by atoms with Crippen LogP contribution in [0.5, 0.6) is 11.5 Å². The summed E-state index contributed by atoms with van der Waals surface area (Å²) in [4.78, 5) is 14.8. The van der Waals surface area contributed by atoms with E-state index < -0.39 is 0 Å². The number of phenols is 1. The lowest BCUT2D eigenvalue weighted by atomic mass is 9.97.